The van der Waals surface area contributed by atoms with Crippen molar-refractivity contribution in [2.24, 2.45) is 5.41 Å². The topological polar surface area (TPSA) is 121 Å². The van der Waals surface area contributed by atoms with E-state index >= 15 is 0 Å². The molecule has 0 saturated carbocycles. The van der Waals surface area contributed by atoms with Gasteiger partial charge in [-0.05, 0) is 31.9 Å². The van der Waals surface area contributed by atoms with E-state index in [0.29, 0.717) is 42.2 Å². The summed E-state index contributed by atoms with van der Waals surface area (Å²) in [7, 11) is 0. The van der Waals surface area contributed by atoms with Crippen molar-refractivity contribution in [2.45, 2.75) is 31.8 Å². The number of ether oxygens (including phenoxy) is 1. The Labute approximate surface area is 195 Å². The predicted octanol–water partition coefficient (Wildman–Crippen LogP) is 1.38. The van der Waals surface area contributed by atoms with Gasteiger partial charge < -0.3 is 25.4 Å². The van der Waals surface area contributed by atoms with E-state index in [1.807, 2.05) is 19.1 Å². The van der Waals surface area contributed by atoms with Crippen LogP contribution in [0.1, 0.15) is 35.7 Å². The van der Waals surface area contributed by atoms with Gasteiger partial charge in [0.25, 0.3) is 5.91 Å². The zero-order chi connectivity index (χ0) is 23.5. The second kappa shape index (κ2) is 7.42. The number of aliphatic hydroxyl groups is 1. The molecule has 34 heavy (non-hydrogen) atoms. The normalized spacial score (nSPS) is 22.8. The van der Waals surface area contributed by atoms with Crippen LogP contribution in [0.15, 0.2) is 36.8 Å². The number of anilines is 2. The highest BCUT2D eigenvalue weighted by atomic mass is 16.5. The minimum absolute atomic E-state index is 0.103. The third-order valence-electron chi connectivity index (χ3n) is 7.34. The molecule has 1 atom stereocenters. The summed E-state index contributed by atoms with van der Waals surface area (Å²) in [4.78, 5) is 31.9. The molecule has 0 radical (unpaired) electrons. The van der Waals surface area contributed by atoms with E-state index in [0.717, 1.165) is 30.6 Å². The van der Waals surface area contributed by atoms with Crippen molar-refractivity contribution in [3.8, 4) is 5.75 Å². The molecule has 2 amide bonds. The highest BCUT2D eigenvalue weighted by molar-refractivity contribution is 6.09. The number of fused-ring (bicyclic) bond motifs is 2. The highest BCUT2D eigenvalue weighted by Crippen LogP contribution is 2.44. The van der Waals surface area contributed by atoms with Crippen molar-refractivity contribution >= 4 is 28.8 Å². The monoisotopic (exact) mass is 462 g/mol. The zero-order valence-corrected chi connectivity index (χ0v) is 18.9. The largest absolute Gasteiger partial charge is 0.484 e. The molecule has 6 rings (SSSR count). The Morgan fingerprint density at radius 1 is 1.32 bits per heavy atom. The Hall–Kier alpha value is -3.66. The van der Waals surface area contributed by atoms with Crippen LogP contribution in [-0.4, -0.2) is 63.4 Å². The third kappa shape index (κ3) is 3.20. The lowest BCUT2D eigenvalue weighted by Gasteiger charge is -2.47. The standard InChI is InChI=1S/C24H26N6O4/c1-23(14-31)11-15-9-17(28-21(32)16-12-27-30-6-2-5-25-20(16)30)18(10-19(15)34-23)29-7-3-24(4-8-29)13-26-22(24)33/h2,5-6,9-10,12,31H,3-4,7-8,11,13-14H2,1H3,(H,26,33)(H,28,32)/t23-/m0/s1. The van der Waals surface area contributed by atoms with Crippen molar-refractivity contribution in [3.05, 3.63) is 47.9 Å². The summed E-state index contributed by atoms with van der Waals surface area (Å²) in [5, 5.41) is 20.0. The van der Waals surface area contributed by atoms with Gasteiger partial charge in [0, 0.05) is 50.1 Å². The molecule has 176 valence electrons. The van der Waals surface area contributed by atoms with Crippen LogP contribution < -0.4 is 20.3 Å². The van der Waals surface area contributed by atoms with Gasteiger partial charge in [-0.2, -0.15) is 5.10 Å². The number of nitrogens with zero attached hydrogens (tertiary/aromatic N) is 4. The van der Waals surface area contributed by atoms with Crippen molar-refractivity contribution in [3.63, 3.8) is 0 Å². The number of carbonyl (C=O) groups excluding carboxylic acids is 2. The van der Waals surface area contributed by atoms with Crippen LogP contribution in [0, 0.1) is 5.41 Å². The van der Waals surface area contributed by atoms with Crippen molar-refractivity contribution in [1.29, 1.82) is 0 Å². The van der Waals surface area contributed by atoms with Gasteiger partial charge in [0.05, 0.1) is 29.6 Å². The lowest BCUT2D eigenvalue weighted by Crippen LogP contribution is -2.62. The van der Waals surface area contributed by atoms with E-state index in [2.05, 4.69) is 25.6 Å². The molecule has 10 nitrogen and oxygen atoms in total. The molecule has 1 aromatic carbocycles. The van der Waals surface area contributed by atoms with Crippen LogP contribution in [0.2, 0.25) is 0 Å². The smallest absolute Gasteiger partial charge is 0.261 e. The summed E-state index contributed by atoms with van der Waals surface area (Å²) in [5.74, 6) is 0.548. The molecule has 2 saturated heterocycles. The van der Waals surface area contributed by atoms with Crippen molar-refractivity contribution in [2.75, 3.05) is 36.5 Å². The van der Waals surface area contributed by atoms with Gasteiger partial charge in [0.1, 0.15) is 16.9 Å². The van der Waals surface area contributed by atoms with E-state index in [-0.39, 0.29) is 23.8 Å². The Balaban J connectivity index is 1.33. The maximum absolute atomic E-state index is 13.3. The Morgan fingerprint density at radius 3 is 2.85 bits per heavy atom. The minimum atomic E-state index is -0.690. The first-order chi connectivity index (χ1) is 16.4. The van der Waals surface area contributed by atoms with Gasteiger partial charge >= 0.3 is 0 Å². The number of aromatic nitrogens is 3. The fraction of sp³-hybridized carbons (Fsp3) is 0.417. The highest BCUT2D eigenvalue weighted by Gasteiger charge is 2.48. The molecule has 2 aromatic heterocycles. The molecule has 0 bridgehead atoms. The molecule has 3 aromatic rings. The summed E-state index contributed by atoms with van der Waals surface area (Å²) in [6, 6.07) is 5.63. The van der Waals surface area contributed by atoms with Crippen LogP contribution >= 0.6 is 0 Å². The quantitative estimate of drug-likeness (QED) is 0.501. The lowest BCUT2D eigenvalue weighted by molar-refractivity contribution is -0.141. The van der Waals surface area contributed by atoms with Crippen LogP contribution in [-0.2, 0) is 11.2 Å². The van der Waals surface area contributed by atoms with Crippen LogP contribution in [0.3, 0.4) is 0 Å². The number of amides is 2. The molecule has 0 unspecified atom stereocenters. The molecule has 3 N–H and O–H groups in total. The van der Waals surface area contributed by atoms with Crippen LogP contribution in [0.25, 0.3) is 5.65 Å². The lowest BCUT2D eigenvalue weighted by atomic mass is 9.72. The first-order valence-corrected chi connectivity index (χ1v) is 11.5. The molecule has 5 heterocycles. The van der Waals surface area contributed by atoms with Crippen LogP contribution in [0.4, 0.5) is 11.4 Å². The average molecular weight is 463 g/mol. The fourth-order valence-electron chi connectivity index (χ4n) is 5.17. The van der Waals surface area contributed by atoms with Crippen molar-refractivity contribution < 1.29 is 19.4 Å². The number of benzene rings is 1. The summed E-state index contributed by atoms with van der Waals surface area (Å²) >= 11 is 0. The molecular weight excluding hydrogens is 436 g/mol. The predicted molar refractivity (Wildman–Crippen MR) is 124 cm³/mol. The maximum atomic E-state index is 13.3. The third-order valence-corrected chi connectivity index (χ3v) is 7.34. The van der Waals surface area contributed by atoms with E-state index in [9.17, 15) is 14.7 Å². The van der Waals surface area contributed by atoms with E-state index in [4.69, 9.17) is 4.74 Å². The molecule has 3 aliphatic rings. The first-order valence-electron chi connectivity index (χ1n) is 11.5. The number of rotatable bonds is 4. The van der Waals surface area contributed by atoms with Gasteiger partial charge in [-0.25, -0.2) is 9.50 Å². The van der Waals surface area contributed by atoms with Crippen molar-refractivity contribution in [1.82, 2.24) is 19.9 Å². The summed E-state index contributed by atoms with van der Waals surface area (Å²) in [6.07, 6.45) is 6.95. The summed E-state index contributed by atoms with van der Waals surface area (Å²) in [5.41, 5.74) is 2.35. The van der Waals surface area contributed by atoms with Crippen LogP contribution in [0.5, 0.6) is 5.75 Å². The average Bonchev–Trinajstić information content (AvgIpc) is 3.43. The van der Waals surface area contributed by atoms with Gasteiger partial charge in [0.2, 0.25) is 5.91 Å². The van der Waals surface area contributed by atoms with E-state index in [1.54, 1.807) is 23.0 Å². The summed E-state index contributed by atoms with van der Waals surface area (Å²) in [6.45, 7) is 3.89. The zero-order valence-electron chi connectivity index (χ0n) is 18.9. The number of nitrogens with one attached hydrogen (secondary N) is 2. The number of aliphatic hydroxyl groups excluding tert-OH is 1. The number of hydrogen-bond acceptors (Lipinski definition) is 7. The molecule has 3 aliphatic heterocycles. The van der Waals surface area contributed by atoms with E-state index < -0.39 is 5.60 Å². The number of β-lactam (4-membered cyclic amide) rings is 1. The molecule has 10 heteroatoms. The molecular formula is C24H26N6O4. The van der Waals surface area contributed by atoms with Gasteiger partial charge in [-0.1, -0.05) is 0 Å². The fourth-order valence-corrected chi connectivity index (χ4v) is 5.17. The van der Waals surface area contributed by atoms with Gasteiger partial charge in [0.15, 0.2) is 5.65 Å². The van der Waals surface area contributed by atoms with Gasteiger partial charge in [-0.15, -0.1) is 0 Å². The maximum Gasteiger partial charge on any atom is 0.261 e. The minimum Gasteiger partial charge on any atom is -0.484 e. The summed E-state index contributed by atoms with van der Waals surface area (Å²) < 4.78 is 7.64. The first kappa shape index (κ1) is 20.9. The number of carbonyl (C=O) groups is 2. The second-order valence-corrected chi connectivity index (χ2v) is 9.71. The Kier molecular flexibility index (Phi) is 4.57. The molecule has 0 aliphatic carbocycles. The SMILES string of the molecule is C[C@@]1(CO)Cc2cc(NC(=O)c3cnn4cccnc34)c(N3CCC4(CC3)CNC4=O)cc2O1. The Morgan fingerprint density at radius 2 is 2.15 bits per heavy atom. The van der Waals surface area contributed by atoms with E-state index in [1.165, 1.54) is 6.20 Å². The second-order valence-electron chi connectivity index (χ2n) is 9.71. The number of piperidine rings is 1. The molecule has 2 fully saturated rings. The number of hydrogen-bond donors (Lipinski definition) is 3. The van der Waals surface area contributed by atoms with Gasteiger partial charge in [-0.3, -0.25) is 9.59 Å². The Bertz CT molecular complexity index is 1310. The molecule has 1 spiro atoms.